The lowest BCUT2D eigenvalue weighted by atomic mass is 10.2. The number of aromatic nitrogens is 3. The summed E-state index contributed by atoms with van der Waals surface area (Å²) in [4.78, 5) is 16.9. The third-order valence-corrected chi connectivity index (χ3v) is 3.34. The zero-order valence-electron chi connectivity index (χ0n) is 10.7. The van der Waals surface area contributed by atoms with Gasteiger partial charge in [-0.1, -0.05) is 6.07 Å². The number of amides is 1. The number of rotatable bonds is 7. The number of nitrogens with one attached hydrogen (secondary N) is 2. The Bertz CT molecular complexity index is 510. The molecule has 2 aromatic rings. The summed E-state index contributed by atoms with van der Waals surface area (Å²) in [6, 6.07) is 4.34. The number of nitrogens with zero attached hydrogens (tertiary/aromatic N) is 2. The second-order valence-corrected chi connectivity index (χ2v) is 4.91. The highest BCUT2D eigenvalue weighted by Gasteiger charge is 2.07. The van der Waals surface area contributed by atoms with E-state index in [1.54, 1.807) is 11.3 Å². The highest BCUT2D eigenvalue weighted by Crippen LogP contribution is 2.12. The minimum absolute atomic E-state index is 0.0734. The van der Waals surface area contributed by atoms with Crippen LogP contribution in [0.3, 0.4) is 0 Å². The van der Waals surface area contributed by atoms with Crippen LogP contribution in [0, 0.1) is 0 Å². The van der Waals surface area contributed by atoms with E-state index in [0.29, 0.717) is 19.0 Å². The van der Waals surface area contributed by atoms with E-state index in [1.807, 2.05) is 18.4 Å². The summed E-state index contributed by atoms with van der Waals surface area (Å²) in [5.74, 6) is 0.250. The largest absolute Gasteiger partial charge is 0.463 e. The molecular formula is C12H16N4O2S. The number of carbonyl (C=O) groups is 1. The number of thiophene rings is 1. The Labute approximate surface area is 115 Å². The average molecular weight is 280 g/mol. The highest BCUT2D eigenvalue weighted by atomic mass is 32.1. The maximum Gasteiger partial charge on any atom is 0.337 e. The minimum atomic E-state index is -0.0734. The van der Waals surface area contributed by atoms with E-state index in [2.05, 4.69) is 26.6 Å². The first-order chi connectivity index (χ1) is 9.28. The van der Waals surface area contributed by atoms with E-state index >= 15 is 0 Å². The molecule has 0 aliphatic heterocycles. The first-order valence-electron chi connectivity index (χ1n) is 6.15. The zero-order valence-corrected chi connectivity index (χ0v) is 11.5. The topological polar surface area (TPSA) is 79.9 Å². The molecule has 2 N–H and O–H groups in total. The molecule has 0 saturated heterocycles. The van der Waals surface area contributed by atoms with Gasteiger partial charge in [-0.25, -0.2) is 5.10 Å². The first kappa shape index (κ1) is 13.5. The molecular weight excluding hydrogens is 264 g/mol. The SMILES string of the molecule is CCOc1n[nH]c(NC(=O)CCCc2cccs2)n1. The lowest BCUT2D eigenvalue weighted by molar-refractivity contribution is -0.116. The zero-order chi connectivity index (χ0) is 13.5. The normalized spacial score (nSPS) is 10.4. The van der Waals surface area contributed by atoms with Gasteiger partial charge >= 0.3 is 6.01 Å². The lowest BCUT2D eigenvalue weighted by Gasteiger charge is -2.00. The first-order valence-corrected chi connectivity index (χ1v) is 7.03. The average Bonchev–Trinajstić information content (AvgIpc) is 3.02. The molecule has 0 unspecified atom stereocenters. The van der Waals surface area contributed by atoms with Crippen LogP contribution < -0.4 is 10.1 Å². The van der Waals surface area contributed by atoms with Crippen molar-refractivity contribution in [1.29, 1.82) is 0 Å². The summed E-state index contributed by atoms with van der Waals surface area (Å²) in [5, 5.41) is 11.1. The molecule has 2 rings (SSSR count). The van der Waals surface area contributed by atoms with E-state index in [1.165, 1.54) is 4.88 Å². The Kier molecular flexibility index (Phi) is 4.91. The van der Waals surface area contributed by atoms with Gasteiger partial charge in [0, 0.05) is 11.3 Å². The third kappa shape index (κ3) is 4.36. The van der Waals surface area contributed by atoms with Crippen molar-refractivity contribution in [1.82, 2.24) is 15.2 Å². The molecule has 0 aromatic carbocycles. The summed E-state index contributed by atoms with van der Waals surface area (Å²) in [7, 11) is 0. The standard InChI is InChI=1S/C12H16N4O2S/c1-2-18-12-14-11(15-16-12)13-10(17)7-3-5-9-6-4-8-19-9/h4,6,8H,2-3,5,7H2,1H3,(H2,13,14,15,16,17). The van der Waals surface area contributed by atoms with E-state index < -0.39 is 0 Å². The summed E-state index contributed by atoms with van der Waals surface area (Å²) < 4.78 is 5.09. The highest BCUT2D eigenvalue weighted by molar-refractivity contribution is 7.09. The Morgan fingerprint density at radius 1 is 1.58 bits per heavy atom. The molecule has 0 atom stereocenters. The third-order valence-electron chi connectivity index (χ3n) is 2.40. The maximum atomic E-state index is 11.7. The van der Waals surface area contributed by atoms with Crippen molar-refractivity contribution in [3.05, 3.63) is 22.4 Å². The number of hydrogen-bond acceptors (Lipinski definition) is 5. The Morgan fingerprint density at radius 3 is 3.21 bits per heavy atom. The second kappa shape index (κ2) is 6.89. The van der Waals surface area contributed by atoms with Crippen molar-refractivity contribution >= 4 is 23.2 Å². The van der Waals surface area contributed by atoms with Crippen molar-refractivity contribution in [2.75, 3.05) is 11.9 Å². The number of aryl methyl sites for hydroxylation is 1. The quantitative estimate of drug-likeness (QED) is 0.815. The van der Waals surface area contributed by atoms with Gasteiger partial charge in [-0.3, -0.25) is 10.1 Å². The molecule has 0 radical (unpaired) electrons. The van der Waals surface area contributed by atoms with Gasteiger partial charge in [0.15, 0.2) is 0 Å². The Hall–Kier alpha value is -1.89. The fourth-order valence-electron chi connectivity index (χ4n) is 1.57. The smallest absolute Gasteiger partial charge is 0.337 e. The number of hydrogen-bond donors (Lipinski definition) is 2. The van der Waals surface area contributed by atoms with Crippen LogP contribution in [0.25, 0.3) is 0 Å². The molecule has 1 amide bonds. The molecule has 7 heteroatoms. The van der Waals surface area contributed by atoms with E-state index in [4.69, 9.17) is 4.74 Å². The van der Waals surface area contributed by atoms with E-state index in [0.717, 1.165) is 12.8 Å². The minimum Gasteiger partial charge on any atom is -0.463 e. The lowest BCUT2D eigenvalue weighted by Crippen LogP contribution is -2.12. The van der Waals surface area contributed by atoms with Gasteiger partial charge in [-0.2, -0.15) is 4.98 Å². The fraction of sp³-hybridized carbons (Fsp3) is 0.417. The van der Waals surface area contributed by atoms with Crippen LogP contribution in [-0.4, -0.2) is 27.7 Å². The van der Waals surface area contributed by atoms with Gasteiger partial charge in [-0.15, -0.1) is 16.4 Å². The van der Waals surface area contributed by atoms with Crippen LogP contribution >= 0.6 is 11.3 Å². The monoisotopic (exact) mass is 280 g/mol. The molecule has 0 saturated carbocycles. The number of ether oxygens (including phenoxy) is 1. The van der Waals surface area contributed by atoms with E-state index in [9.17, 15) is 4.79 Å². The summed E-state index contributed by atoms with van der Waals surface area (Å²) in [5.41, 5.74) is 0. The Balaban J connectivity index is 1.71. The van der Waals surface area contributed by atoms with Gasteiger partial charge in [0.25, 0.3) is 0 Å². The van der Waals surface area contributed by atoms with Gasteiger partial charge in [-0.05, 0) is 31.2 Å². The van der Waals surface area contributed by atoms with Crippen molar-refractivity contribution in [2.45, 2.75) is 26.2 Å². The van der Waals surface area contributed by atoms with Crippen LogP contribution in [0.1, 0.15) is 24.6 Å². The number of aromatic amines is 1. The second-order valence-electron chi connectivity index (χ2n) is 3.88. The van der Waals surface area contributed by atoms with Crippen LogP contribution in [-0.2, 0) is 11.2 Å². The van der Waals surface area contributed by atoms with E-state index in [-0.39, 0.29) is 11.9 Å². The molecule has 102 valence electrons. The van der Waals surface area contributed by atoms with Crippen LogP contribution in [0.4, 0.5) is 5.95 Å². The molecule has 0 bridgehead atoms. The fourth-order valence-corrected chi connectivity index (χ4v) is 2.32. The van der Waals surface area contributed by atoms with Gasteiger partial charge in [0.1, 0.15) is 0 Å². The summed E-state index contributed by atoms with van der Waals surface area (Å²) >= 11 is 1.71. The predicted octanol–water partition coefficient (Wildman–Crippen LogP) is 2.23. The molecule has 0 aliphatic rings. The molecule has 0 fully saturated rings. The van der Waals surface area contributed by atoms with Crippen molar-refractivity contribution < 1.29 is 9.53 Å². The van der Waals surface area contributed by atoms with Gasteiger partial charge in [0.05, 0.1) is 6.61 Å². The molecule has 0 spiro atoms. The van der Waals surface area contributed by atoms with Crippen molar-refractivity contribution in [2.24, 2.45) is 0 Å². The Morgan fingerprint density at radius 2 is 2.47 bits per heavy atom. The predicted molar refractivity (Wildman–Crippen MR) is 73.4 cm³/mol. The number of anilines is 1. The molecule has 2 aromatic heterocycles. The maximum absolute atomic E-state index is 11.7. The molecule has 2 heterocycles. The van der Waals surface area contributed by atoms with Gasteiger partial charge < -0.3 is 4.74 Å². The van der Waals surface area contributed by atoms with Crippen molar-refractivity contribution in [3.63, 3.8) is 0 Å². The summed E-state index contributed by atoms with van der Waals surface area (Å²) in [6.45, 7) is 2.34. The molecule has 0 aliphatic carbocycles. The number of carbonyl (C=O) groups excluding carboxylic acids is 1. The van der Waals surface area contributed by atoms with Crippen LogP contribution in [0.15, 0.2) is 17.5 Å². The molecule has 19 heavy (non-hydrogen) atoms. The van der Waals surface area contributed by atoms with Crippen molar-refractivity contribution in [3.8, 4) is 6.01 Å². The van der Waals surface area contributed by atoms with Crippen LogP contribution in [0.2, 0.25) is 0 Å². The molecule has 6 nitrogen and oxygen atoms in total. The summed E-state index contributed by atoms with van der Waals surface area (Å²) in [6.07, 6.45) is 2.20. The van der Waals surface area contributed by atoms with Gasteiger partial charge in [0.2, 0.25) is 11.9 Å². The number of H-pyrrole nitrogens is 1. The van der Waals surface area contributed by atoms with Crippen LogP contribution in [0.5, 0.6) is 6.01 Å².